The molecule has 3 aromatic rings. The summed E-state index contributed by atoms with van der Waals surface area (Å²) in [5.74, 6) is -1.13. The molecule has 0 atom stereocenters. The number of hydrogen-bond acceptors (Lipinski definition) is 4. The van der Waals surface area contributed by atoms with Gasteiger partial charge in [-0.15, -0.1) is 5.10 Å². The van der Waals surface area contributed by atoms with E-state index in [-0.39, 0.29) is 24.0 Å². The van der Waals surface area contributed by atoms with Gasteiger partial charge in [-0.2, -0.15) is 0 Å². The molecule has 1 heterocycles. The van der Waals surface area contributed by atoms with Gasteiger partial charge >= 0.3 is 0 Å². The van der Waals surface area contributed by atoms with E-state index in [4.69, 9.17) is 0 Å². The van der Waals surface area contributed by atoms with Crippen LogP contribution in [0.25, 0.3) is 10.8 Å². The van der Waals surface area contributed by atoms with Gasteiger partial charge in [0, 0.05) is 14.1 Å². The minimum atomic E-state index is -0.521. The lowest BCUT2D eigenvalue weighted by molar-refractivity contribution is -0.129. The molecule has 1 N–H and O–H groups in total. The average Bonchev–Trinajstić information content (AvgIpc) is 3.00. The monoisotopic (exact) mass is 341 g/mol. The maximum atomic E-state index is 13.8. The molecule has 2 amide bonds. The van der Waals surface area contributed by atoms with E-state index in [0.29, 0.717) is 10.8 Å². The van der Waals surface area contributed by atoms with Crippen molar-refractivity contribution in [1.82, 2.24) is 19.7 Å². The van der Waals surface area contributed by atoms with Gasteiger partial charge in [-0.3, -0.25) is 14.9 Å². The van der Waals surface area contributed by atoms with Crippen molar-refractivity contribution < 1.29 is 14.0 Å². The fraction of sp³-hybridized carbons (Fsp3) is 0.176. The van der Waals surface area contributed by atoms with Crippen molar-refractivity contribution in [2.45, 2.75) is 6.54 Å². The topological polar surface area (TPSA) is 80.1 Å². The van der Waals surface area contributed by atoms with Gasteiger partial charge in [0.15, 0.2) is 0 Å². The standard InChI is InChI=1S/C17H16FN5O2/c1-22(2)15(24)9-23-10-19-17(21-23)20-16(25)14-8-12(18)7-11-5-3-4-6-13(11)14/h3-8,10H,9H2,1-2H3,(H,20,21,25). The molecule has 3 rings (SSSR count). The second-order valence-electron chi connectivity index (χ2n) is 5.68. The van der Waals surface area contributed by atoms with E-state index in [1.54, 1.807) is 38.4 Å². The number of carbonyl (C=O) groups excluding carboxylic acids is 2. The molecule has 128 valence electrons. The van der Waals surface area contributed by atoms with Crippen LogP contribution in [0.2, 0.25) is 0 Å². The molecule has 7 nitrogen and oxygen atoms in total. The van der Waals surface area contributed by atoms with Crippen molar-refractivity contribution in [3.63, 3.8) is 0 Å². The van der Waals surface area contributed by atoms with E-state index in [9.17, 15) is 14.0 Å². The fourth-order valence-electron chi connectivity index (χ4n) is 2.34. The molecule has 8 heteroatoms. The maximum absolute atomic E-state index is 13.8. The molecule has 0 bridgehead atoms. The summed E-state index contributed by atoms with van der Waals surface area (Å²) in [6.45, 7) is 0.0127. The minimum absolute atomic E-state index is 0.0127. The summed E-state index contributed by atoms with van der Waals surface area (Å²) in [7, 11) is 3.27. The van der Waals surface area contributed by atoms with Crippen LogP contribution >= 0.6 is 0 Å². The zero-order valence-electron chi connectivity index (χ0n) is 13.7. The van der Waals surface area contributed by atoms with Crippen LogP contribution in [-0.4, -0.2) is 45.6 Å². The van der Waals surface area contributed by atoms with Gasteiger partial charge in [-0.05, 0) is 22.9 Å². The molecule has 2 aromatic carbocycles. The van der Waals surface area contributed by atoms with E-state index in [1.807, 2.05) is 0 Å². The van der Waals surface area contributed by atoms with Gasteiger partial charge in [0.1, 0.15) is 18.7 Å². The summed E-state index contributed by atoms with van der Waals surface area (Å²) >= 11 is 0. The Morgan fingerprint density at radius 3 is 2.76 bits per heavy atom. The molecule has 0 aliphatic heterocycles. The third-order valence-electron chi connectivity index (χ3n) is 3.63. The second-order valence-corrected chi connectivity index (χ2v) is 5.68. The Hall–Kier alpha value is -3.29. The highest BCUT2D eigenvalue weighted by molar-refractivity contribution is 6.12. The number of carbonyl (C=O) groups is 2. The van der Waals surface area contributed by atoms with Crippen molar-refractivity contribution in [2.75, 3.05) is 19.4 Å². The molecular formula is C17H16FN5O2. The SMILES string of the molecule is CN(C)C(=O)Cn1cnc(NC(=O)c2cc(F)cc3ccccc23)n1. The van der Waals surface area contributed by atoms with Crippen LogP contribution in [0.4, 0.5) is 10.3 Å². The Kier molecular flexibility index (Phi) is 4.42. The lowest BCUT2D eigenvalue weighted by atomic mass is 10.0. The van der Waals surface area contributed by atoms with Crippen LogP contribution in [0.15, 0.2) is 42.7 Å². The largest absolute Gasteiger partial charge is 0.347 e. The summed E-state index contributed by atoms with van der Waals surface area (Å²) in [4.78, 5) is 29.5. The third kappa shape index (κ3) is 3.63. The highest BCUT2D eigenvalue weighted by Gasteiger charge is 2.15. The van der Waals surface area contributed by atoms with Crippen LogP contribution in [-0.2, 0) is 11.3 Å². The first kappa shape index (κ1) is 16.6. The number of aromatic nitrogens is 3. The molecule has 1 aromatic heterocycles. The van der Waals surface area contributed by atoms with Gasteiger partial charge in [-0.25, -0.2) is 14.1 Å². The van der Waals surface area contributed by atoms with Gasteiger partial charge < -0.3 is 4.90 Å². The predicted molar refractivity (Wildman–Crippen MR) is 90.6 cm³/mol. The van der Waals surface area contributed by atoms with Crippen LogP contribution in [0.5, 0.6) is 0 Å². The number of rotatable bonds is 4. The molecule has 0 aliphatic rings. The smallest absolute Gasteiger partial charge is 0.258 e. The zero-order valence-corrected chi connectivity index (χ0v) is 13.7. The van der Waals surface area contributed by atoms with E-state index < -0.39 is 11.7 Å². The first-order valence-corrected chi connectivity index (χ1v) is 7.53. The molecular weight excluding hydrogens is 325 g/mol. The van der Waals surface area contributed by atoms with Gasteiger partial charge in [0.05, 0.1) is 5.56 Å². The third-order valence-corrected chi connectivity index (χ3v) is 3.63. The summed E-state index contributed by atoms with van der Waals surface area (Å²) in [6.07, 6.45) is 1.35. The molecule has 0 saturated carbocycles. The molecule has 0 fully saturated rings. The van der Waals surface area contributed by atoms with Crippen molar-refractivity contribution in [2.24, 2.45) is 0 Å². The Bertz CT molecular complexity index is 951. The number of likely N-dealkylation sites (N-methyl/N-ethyl adjacent to an activating group) is 1. The second kappa shape index (κ2) is 6.68. The van der Waals surface area contributed by atoms with Gasteiger partial charge in [-0.1, -0.05) is 24.3 Å². The van der Waals surface area contributed by atoms with Crippen LogP contribution < -0.4 is 5.32 Å². The van der Waals surface area contributed by atoms with Crippen molar-refractivity contribution >= 4 is 28.5 Å². The number of nitrogens with zero attached hydrogens (tertiary/aromatic N) is 4. The van der Waals surface area contributed by atoms with Crippen LogP contribution in [0.1, 0.15) is 10.4 Å². The highest BCUT2D eigenvalue weighted by Crippen LogP contribution is 2.21. The van der Waals surface area contributed by atoms with E-state index in [1.165, 1.54) is 28.0 Å². The Morgan fingerprint density at radius 2 is 2.00 bits per heavy atom. The van der Waals surface area contributed by atoms with Crippen molar-refractivity contribution in [1.29, 1.82) is 0 Å². The highest BCUT2D eigenvalue weighted by atomic mass is 19.1. The zero-order chi connectivity index (χ0) is 18.0. The van der Waals surface area contributed by atoms with Crippen LogP contribution in [0.3, 0.4) is 0 Å². The van der Waals surface area contributed by atoms with E-state index in [2.05, 4.69) is 15.4 Å². The van der Waals surface area contributed by atoms with Crippen LogP contribution in [0, 0.1) is 5.82 Å². The minimum Gasteiger partial charge on any atom is -0.347 e. The normalized spacial score (nSPS) is 10.7. The number of halogens is 1. The Labute approximate surface area is 143 Å². The van der Waals surface area contributed by atoms with Gasteiger partial charge in [0.25, 0.3) is 5.91 Å². The number of hydrogen-bond donors (Lipinski definition) is 1. The Morgan fingerprint density at radius 1 is 1.24 bits per heavy atom. The van der Waals surface area contributed by atoms with Crippen molar-refractivity contribution in [3.05, 3.63) is 54.1 Å². The number of anilines is 1. The number of amides is 2. The first-order valence-electron chi connectivity index (χ1n) is 7.53. The first-order chi connectivity index (χ1) is 11.9. The molecule has 25 heavy (non-hydrogen) atoms. The molecule has 0 unspecified atom stereocenters. The quantitative estimate of drug-likeness (QED) is 0.786. The summed E-state index contributed by atoms with van der Waals surface area (Å²) in [6, 6.07) is 9.56. The summed E-state index contributed by atoms with van der Waals surface area (Å²) < 4.78 is 15.1. The van der Waals surface area contributed by atoms with E-state index >= 15 is 0 Å². The number of benzene rings is 2. The fourth-order valence-corrected chi connectivity index (χ4v) is 2.34. The maximum Gasteiger partial charge on any atom is 0.258 e. The Balaban J connectivity index is 1.82. The van der Waals surface area contributed by atoms with Gasteiger partial charge in [0.2, 0.25) is 11.9 Å². The summed E-state index contributed by atoms with van der Waals surface area (Å²) in [5, 5.41) is 7.82. The molecule has 0 spiro atoms. The lowest BCUT2D eigenvalue weighted by Gasteiger charge is -2.09. The van der Waals surface area contributed by atoms with Crippen molar-refractivity contribution in [3.8, 4) is 0 Å². The average molecular weight is 341 g/mol. The number of fused-ring (bicyclic) bond motifs is 1. The summed E-state index contributed by atoms with van der Waals surface area (Å²) in [5.41, 5.74) is 0.191. The van der Waals surface area contributed by atoms with E-state index in [0.717, 1.165) is 0 Å². The lowest BCUT2D eigenvalue weighted by Crippen LogP contribution is -2.26. The molecule has 0 saturated heterocycles. The predicted octanol–water partition coefficient (Wildman–Crippen LogP) is 1.91. The molecule has 0 aliphatic carbocycles. The number of nitrogens with one attached hydrogen (secondary N) is 1. The molecule has 0 radical (unpaired) electrons.